The van der Waals surface area contributed by atoms with Crippen molar-refractivity contribution in [1.29, 1.82) is 0 Å². The molecule has 3 aromatic rings. The van der Waals surface area contributed by atoms with Gasteiger partial charge >= 0.3 is 5.97 Å². The molecule has 6 nitrogen and oxygen atoms in total. The van der Waals surface area contributed by atoms with Crippen LogP contribution in [0.1, 0.15) is 20.8 Å². The molecule has 0 saturated heterocycles. The summed E-state index contributed by atoms with van der Waals surface area (Å²) in [6, 6.07) is 10.4. The summed E-state index contributed by atoms with van der Waals surface area (Å²) in [6.45, 7) is 5.76. The van der Waals surface area contributed by atoms with Gasteiger partial charge in [-0.1, -0.05) is 6.07 Å². The molecule has 0 saturated carbocycles. The van der Waals surface area contributed by atoms with Crippen molar-refractivity contribution in [3.63, 3.8) is 0 Å². The Balaban J connectivity index is 2.10. The van der Waals surface area contributed by atoms with E-state index in [1.165, 1.54) is 35.4 Å². The molecule has 140 valence electrons. The van der Waals surface area contributed by atoms with Gasteiger partial charge in [0.2, 0.25) is 0 Å². The van der Waals surface area contributed by atoms with Gasteiger partial charge in [0.15, 0.2) is 0 Å². The highest BCUT2D eigenvalue weighted by Gasteiger charge is 2.32. The first-order valence-electron chi connectivity index (χ1n) is 8.32. The van der Waals surface area contributed by atoms with Crippen LogP contribution in [0.4, 0.5) is 5.69 Å². The molecule has 0 spiro atoms. The summed E-state index contributed by atoms with van der Waals surface area (Å²) in [5.41, 5.74) is 1.81. The van der Waals surface area contributed by atoms with Crippen LogP contribution in [-0.4, -0.2) is 26.6 Å². The lowest BCUT2D eigenvalue weighted by Gasteiger charge is -2.23. The molecule has 1 aromatic heterocycles. The fourth-order valence-electron chi connectivity index (χ4n) is 2.65. The molecular formula is C19H18N2O4S2. The Kier molecular flexibility index (Phi) is 5.48. The minimum absolute atomic E-state index is 0.0382. The molecule has 2 aromatic carbocycles. The van der Waals surface area contributed by atoms with E-state index in [1.807, 2.05) is 26.0 Å². The average Bonchev–Trinajstić information content (AvgIpc) is 3.10. The van der Waals surface area contributed by atoms with Gasteiger partial charge in [-0.15, -0.1) is 11.8 Å². The van der Waals surface area contributed by atoms with Crippen LogP contribution in [0.5, 0.6) is 0 Å². The monoisotopic (exact) mass is 402 g/mol. The lowest BCUT2D eigenvalue weighted by atomic mass is 10.0. The molecule has 0 unspecified atom stereocenters. The molecule has 0 amide bonds. The molecule has 27 heavy (non-hydrogen) atoms. The fraction of sp³-hybridized carbons (Fsp3) is 0.263. The van der Waals surface area contributed by atoms with Crippen molar-refractivity contribution in [3.8, 4) is 11.1 Å². The molecule has 0 atom stereocenters. The summed E-state index contributed by atoms with van der Waals surface area (Å²) in [5, 5.41) is 11.9. The van der Waals surface area contributed by atoms with Crippen molar-refractivity contribution >= 4 is 45.0 Å². The lowest BCUT2D eigenvalue weighted by molar-refractivity contribution is -0.384. The van der Waals surface area contributed by atoms with Gasteiger partial charge in [-0.25, -0.2) is 0 Å². The van der Waals surface area contributed by atoms with Gasteiger partial charge < -0.3 is 4.74 Å². The normalized spacial score (nSPS) is 11.5. The standard InChI is InChI=1S/C19H18N2O4S2/c1-4-25-18(22)19(2,3)26-15-10-7-13-11-20-27-17(13)16(15)12-5-8-14(9-6-12)21(23)24/h5-11H,4H2,1-3H3. The number of carbonyl (C=O) groups excluding carboxylic acids is 1. The summed E-state index contributed by atoms with van der Waals surface area (Å²) >= 11 is 2.78. The van der Waals surface area contributed by atoms with Gasteiger partial charge in [0.25, 0.3) is 5.69 Å². The molecule has 8 heteroatoms. The molecule has 1 heterocycles. The van der Waals surface area contributed by atoms with Crippen LogP contribution in [0, 0.1) is 10.1 Å². The number of hydrogen-bond donors (Lipinski definition) is 0. The van der Waals surface area contributed by atoms with Crippen molar-refractivity contribution in [2.45, 2.75) is 30.4 Å². The summed E-state index contributed by atoms with van der Waals surface area (Å²) < 4.78 is 9.67. The maximum Gasteiger partial charge on any atom is 0.321 e. The van der Waals surface area contributed by atoms with Gasteiger partial charge in [0.05, 0.1) is 16.2 Å². The predicted molar refractivity (Wildman–Crippen MR) is 108 cm³/mol. The van der Waals surface area contributed by atoms with E-state index in [4.69, 9.17) is 4.74 Å². The fourth-order valence-corrected chi connectivity index (χ4v) is 4.68. The van der Waals surface area contributed by atoms with Gasteiger partial charge in [-0.05, 0) is 56.1 Å². The molecular weight excluding hydrogens is 384 g/mol. The maximum absolute atomic E-state index is 12.3. The van der Waals surface area contributed by atoms with E-state index in [1.54, 1.807) is 25.3 Å². The number of rotatable bonds is 6. The minimum atomic E-state index is -0.774. The molecule has 0 N–H and O–H groups in total. The van der Waals surface area contributed by atoms with Crippen molar-refractivity contribution in [2.75, 3.05) is 6.61 Å². The van der Waals surface area contributed by atoms with Crippen LogP contribution in [0.15, 0.2) is 47.5 Å². The van der Waals surface area contributed by atoms with E-state index in [-0.39, 0.29) is 11.7 Å². The van der Waals surface area contributed by atoms with Crippen molar-refractivity contribution in [2.24, 2.45) is 0 Å². The third kappa shape index (κ3) is 3.96. The highest BCUT2D eigenvalue weighted by atomic mass is 32.2. The quantitative estimate of drug-likeness (QED) is 0.241. The number of hydrogen-bond acceptors (Lipinski definition) is 7. The van der Waals surface area contributed by atoms with Gasteiger partial charge in [-0.2, -0.15) is 4.37 Å². The number of aromatic nitrogens is 1. The maximum atomic E-state index is 12.3. The number of nitro groups is 1. The highest BCUT2D eigenvalue weighted by Crippen LogP contribution is 2.44. The molecule has 0 bridgehead atoms. The molecule has 0 fully saturated rings. The van der Waals surface area contributed by atoms with Crippen LogP contribution < -0.4 is 0 Å². The van der Waals surface area contributed by atoms with Crippen LogP contribution in [0.25, 0.3) is 21.2 Å². The third-order valence-corrected chi connectivity index (χ3v) is 6.05. The second-order valence-electron chi connectivity index (χ2n) is 6.32. The van der Waals surface area contributed by atoms with Gasteiger partial charge in [-0.3, -0.25) is 14.9 Å². The number of nitro benzene ring substituents is 1. The Morgan fingerprint density at radius 3 is 2.59 bits per heavy atom. The van der Waals surface area contributed by atoms with Crippen molar-refractivity contribution < 1.29 is 14.5 Å². The lowest BCUT2D eigenvalue weighted by Crippen LogP contribution is -2.30. The first-order valence-corrected chi connectivity index (χ1v) is 9.91. The number of non-ortho nitro benzene ring substituents is 1. The van der Waals surface area contributed by atoms with Crippen LogP contribution in [0.2, 0.25) is 0 Å². The highest BCUT2D eigenvalue weighted by molar-refractivity contribution is 8.01. The molecule has 0 aliphatic heterocycles. The summed E-state index contributed by atoms with van der Waals surface area (Å²) in [4.78, 5) is 23.8. The third-order valence-electron chi connectivity index (χ3n) is 3.98. The van der Waals surface area contributed by atoms with Crippen molar-refractivity contribution in [3.05, 3.63) is 52.7 Å². The molecule has 3 rings (SSSR count). The second kappa shape index (κ2) is 7.66. The van der Waals surface area contributed by atoms with Gasteiger partial charge in [0, 0.05) is 34.2 Å². The Morgan fingerprint density at radius 2 is 1.96 bits per heavy atom. The van der Waals surface area contributed by atoms with E-state index in [9.17, 15) is 14.9 Å². The van der Waals surface area contributed by atoms with E-state index in [2.05, 4.69) is 4.37 Å². The zero-order chi connectivity index (χ0) is 19.6. The number of carbonyl (C=O) groups is 1. The topological polar surface area (TPSA) is 82.3 Å². The summed E-state index contributed by atoms with van der Waals surface area (Å²) in [5.74, 6) is -0.283. The van der Waals surface area contributed by atoms with Crippen molar-refractivity contribution in [1.82, 2.24) is 4.37 Å². The number of nitrogens with zero attached hydrogens (tertiary/aromatic N) is 2. The van der Waals surface area contributed by atoms with E-state index >= 15 is 0 Å². The number of fused-ring (bicyclic) bond motifs is 1. The number of esters is 1. The Bertz CT molecular complexity index is 997. The number of benzene rings is 2. The first kappa shape index (κ1) is 19.3. The minimum Gasteiger partial charge on any atom is -0.465 e. The van der Waals surface area contributed by atoms with Crippen LogP contribution in [-0.2, 0) is 9.53 Å². The first-order chi connectivity index (χ1) is 12.8. The SMILES string of the molecule is CCOC(=O)C(C)(C)Sc1ccc2cnsc2c1-c1ccc([N+](=O)[O-])cc1. The molecule has 0 radical (unpaired) electrons. The second-order valence-corrected chi connectivity index (χ2v) is 8.79. The molecule has 0 aliphatic rings. The molecule has 0 aliphatic carbocycles. The van der Waals surface area contributed by atoms with Gasteiger partial charge in [0.1, 0.15) is 4.75 Å². The van der Waals surface area contributed by atoms with Crippen LogP contribution >= 0.6 is 23.3 Å². The number of thioether (sulfide) groups is 1. The summed E-state index contributed by atoms with van der Waals surface area (Å²) in [6.07, 6.45) is 1.79. The Hall–Kier alpha value is -2.45. The smallest absolute Gasteiger partial charge is 0.321 e. The predicted octanol–water partition coefficient (Wildman–Crippen LogP) is 5.31. The summed E-state index contributed by atoms with van der Waals surface area (Å²) in [7, 11) is 0. The van der Waals surface area contributed by atoms with E-state index < -0.39 is 9.67 Å². The van der Waals surface area contributed by atoms with E-state index in [0.717, 1.165) is 26.1 Å². The van der Waals surface area contributed by atoms with Crippen LogP contribution in [0.3, 0.4) is 0 Å². The Labute approximate surface area is 164 Å². The number of ether oxygens (including phenoxy) is 1. The Morgan fingerprint density at radius 1 is 1.26 bits per heavy atom. The average molecular weight is 402 g/mol. The zero-order valence-corrected chi connectivity index (χ0v) is 16.7. The van der Waals surface area contributed by atoms with E-state index in [0.29, 0.717) is 6.61 Å². The largest absolute Gasteiger partial charge is 0.465 e. The zero-order valence-electron chi connectivity index (χ0n) is 15.1.